The molecule has 1 aliphatic rings. The maximum atomic E-state index is 10.2. The highest BCUT2D eigenvalue weighted by Gasteiger charge is 2.35. The van der Waals surface area contributed by atoms with E-state index in [1.165, 1.54) is 0 Å². The third-order valence-electron chi connectivity index (χ3n) is 1.21. The highest BCUT2D eigenvalue weighted by atomic mass is 16.3. The monoisotopic (exact) mass is 115 g/mol. The zero-order valence-electron chi connectivity index (χ0n) is 4.22. The number of aliphatic hydroxyl groups is 1. The van der Waals surface area contributed by atoms with E-state index >= 15 is 0 Å². The van der Waals surface area contributed by atoms with Crippen LogP contribution >= 0.6 is 0 Å². The van der Waals surface area contributed by atoms with Crippen LogP contribution in [0.1, 0.15) is 0 Å². The highest BCUT2D eigenvalue weighted by molar-refractivity contribution is 5.88. The van der Waals surface area contributed by atoms with Gasteiger partial charge in [0.2, 0.25) is 5.91 Å². The molecule has 0 unspecified atom stereocenters. The van der Waals surface area contributed by atoms with Crippen molar-refractivity contribution in [1.29, 1.82) is 0 Å². The lowest BCUT2D eigenvalue weighted by atomic mass is 10.0. The molecule has 0 aromatic rings. The molecule has 1 rings (SSSR count). The largest absolute Gasteiger partial charge is 0.394 e. The van der Waals surface area contributed by atoms with E-state index in [9.17, 15) is 4.79 Å². The van der Waals surface area contributed by atoms with Crippen LogP contribution in [0.15, 0.2) is 0 Å². The van der Waals surface area contributed by atoms with Crippen molar-refractivity contribution in [3.63, 3.8) is 0 Å². The van der Waals surface area contributed by atoms with Crippen molar-refractivity contribution in [2.45, 2.75) is 12.1 Å². The Morgan fingerprint density at radius 1 is 1.88 bits per heavy atom. The minimum absolute atomic E-state index is 0.125. The smallest absolute Gasteiger partial charge is 0.241 e. The van der Waals surface area contributed by atoms with Gasteiger partial charge in [-0.05, 0) is 0 Å². The molecule has 0 aliphatic carbocycles. The Hall–Kier alpha value is -0.610. The molecule has 1 heterocycles. The summed E-state index contributed by atoms with van der Waals surface area (Å²) in [5.74, 6) is -0.288. The van der Waals surface area contributed by atoms with Crippen LogP contribution in [0.25, 0.3) is 0 Å². The summed E-state index contributed by atoms with van der Waals surface area (Å²) in [5, 5.41) is 10.7. The standard InChI is InChI=1S/C4H7N2O2/c5-3-2(1-7)6-4(3)8/h2-3,5,7H,1H2,(H,6,8)/t2-,3+/m1/s1. The second-order valence-corrected chi connectivity index (χ2v) is 1.78. The third kappa shape index (κ3) is 0.579. The molecule has 1 saturated heterocycles. The first-order valence-electron chi connectivity index (χ1n) is 2.38. The molecule has 45 valence electrons. The molecule has 0 aromatic heterocycles. The molecular weight excluding hydrogens is 108 g/mol. The van der Waals surface area contributed by atoms with E-state index in [1.54, 1.807) is 0 Å². The van der Waals surface area contributed by atoms with Gasteiger partial charge in [0, 0.05) is 0 Å². The second kappa shape index (κ2) is 1.72. The number of hydrogen-bond acceptors (Lipinski definition) is 2. The van der Waals surface area contributed by atoms with Crippen molar-refractivity contribution in [1.82, 2.24) is 11.1 Å². The number of carbonyl (C=O) groups is 1. The normalized spacial score (nSPS) is 36.0. The first-order chi connectivity index (χ1) is 3.75. The predicted octanol–water partition coefficient (Wildman–Crippen LogP) is -1.87. The summed E-state index contributed by atoms with van der Waals surface area (Å²) >= 11 is 0. The molecule has 1 radical (unpaired) electrons. The molecule has 0 spiro atoms. The van der Waals surface area contributed by atoms with Crippen molar-refractivity contribution in [3.8, 4) is 0 Å². The summed E-state index contributed by atoms with van der Waals surface area (Å²) in [5.41, 5.74) is 6.90. The molecule has 1 amide bonds. The maximum absolute atomic E-state index is 10.2. The fourth-order valence-electron chi connectivity index (χ4n) is 0.593. The van der Waals surface area contributed by atoms with Gasteiger partial charge in [-0.15, -0.1) is 0 Å². The van der Waals surface area contributed by atoms with Crippen LogP contribution in [0.3, 0.4) is 0 Å². The molecule has 1 aliphatic heterocycles. The summed E-state index contributed by atoms with van der Waals surface area (Å²) in [6.07, 6.45) is 0. The van der Waals surface area contributed by atoms with Gasteiger partial charge in [-0.3, -0.25) is 4.79 Å². The van der Waals surface area contributed by atoms with Crippen LogP contribution in [-0.2, 0) is 4.79 Å². The van der Waals surface area contributed by atoms with Gasteiger partial charge in [-0.2, -0.15) is 0 Å². The van der Waals surface area contributed by atoms with Crippen molar-refractivity contribution < 1.29 is 9.90 Å². The van der Waals surface area contributed by atoms with Crippen LogP contribution in [-0.4, -0.2) is 29.7 Å². The zero-order chi connectivity index (χ0) is 6.15. The molecule has 0 aromatic carbocycles. The summed E-state index contributed by atoms with van der Waals surface area (Å²) < 4.78 is 0. The molecular formula is C4H7N2O2. The van der Waals surface area contributed by atoms with Crippen LogP contribution in [0, 0.1) is 0 Å². The Balaban J connectivity index is 2.35. The van der Waals surface area contributed by atoms with Crippen molar-refractivity contribution in [2.75, 3.05) is 6.61 Å². The number of hydrogen-bond donors (Lipinski definition) is 2. The Labute approximate surface area is 46.7 Å². The number of aliphatic hydroxyl groups excluding tert-OH is 1. The Kier molecular flexibility index (Phi) is 1.19. The minimum atomic E-state index is -0.736. The van der Waals surface area contributed by atoms with Gasteiger partial charge in [0.15, 0.2) is 0 Å². The van der Waals surface area contributed by atoms with Crippen molar-refractivity contribution in [2.24, 2.45) is 0 Å². The number of carbonyl (C=O) groups excluding carboxylic acids is 1. The number of amides is 1. The zero-order valence-corrected chi connectivity index (χ0v) is 4.22. The van der Waals surface area contributed by atoms with Crippen molar-refractivity contribution >= 4 is 5.91 Å². The Bertz CT molecular complexity index is 115. The molecule has 8 heavy (non-hydrogen) atoms. The van der Waals surface area contributed by atoms with Crippen LogP contribution in [0.2, 0.25) is 0 Å². The average molecular weight is 115 g/mol. The lowest BCUT2D eigenvalue weighted by molar-refractivity contribution is -0.131. The van der Waals surface area contributed by atoms with E-state index < -0.39 is 6.04 Å². The number of nitrogens with one attached hydrogen (secondary N) is 2. The molecule has 4 heteroatoms. The van der Waals surface area contributed by atoms with E-state index in [4.69, 9.17) is 10.8 Å². The fourth-order valence-corrected chi connectivity index (χ4v) is 0.593. The minimum Gasteiger partial charge on any atom is -0.394 e. The van der Waals surface area contributed by atoms with Gasteiger partial charge in [0.25, 0.3) is 0 Å². The lowest BCUT2D eigenvalue weighted by Crippen LogP contribution is -2.64. The third-order valence-corrected chi connectivity index (χ3v) is 1.21. The summed E-state index contributed by atoms with van der Waals surface area (Å²) in [4.78, 5) is 10.2. The van der Waals surface area contributed by atoms with Gasteiger partial charge >= 0.3 is 0 Å². The molecule has 4 nitrogen and oxygen atoms in total. The summed E-state index contributed by atoms with van der Waals surface area (Å²) in [6, 6.07) is -1.05. The van der Waals surface area contributed by atoms with E-state index in [2.05, 4.69) is 5.32 Å². The van der Waals surface area contributed by atoms with Gasteiger partial charge in [0.05, 0.1) is 12.6 Å². The fraction of sp³-hybridized carbons (Fsp3) is 0.750. The van der Waals surface area contributed by atoms with E-state index in [1.807, 2.05) is 0 Å². The Morgan fingerprint density at radius 3 is 2.62 bits per heavy atom. The van der Waals surface area contributed by atoms with Gasteiger partial charge in [0.1, 0.15) is 6.04 Å². The first kappa shape index (κ1) is 5.53. The van der Waals surface area contributed by atoms with E-state index in [0.29, 0.717) is 0 Å². The van der Waals surface area contributed by atoms with Crippen LogP contribution in [0.5, 0.6) is 0 Å². The highest BCUT2D eigenvalue weighted by Crippen LogP contribution is 2.02. The predicted molar refractivity (Wildman–Crippen MR) is 25.9 cm³/mol. The van der Waals surface area contributed by atoms with E-state index in [-0.39, 0.29) is 18.6 Å². The number of rotatable bonds is 1. The average Bonchev–Trinajstić information content (AvgIpc) is 1.81. The van der Waals surface area contributed by atoms with Gasteiger partial charge in [-0.1, -0.05) is 0 Å². The molecule has 2 atom stereocenters. The van der Waals surface area contributed by atoms with Gasteiger partial charge < -0.3 is 10.4 Å². The Morgan fingerprint density at radius 2 is 2.50 bits per heavy atom. The molecule has 1 fully saturated rings. The topological polar surface area (TPSA) is 73.1 Å². The maximum Gasteiger partial charge on any atom is 0.241 e. The van der Waals surface area contributed by atoms with Crippen LogP contribution < -0.4 is 11.1 Å². The van der Waals surface area contributed by atoms with Crippen molar-refractivity contribution in [3.05, 3.63) is 0 Å². The summed E-state index contributed by atoms with van der Waals surface area (Å²) in [6.45, 7) is -0.125. The number of β-lactam (4-membered cyclic amide) rings is 1. The molecule has 0 saturated carbocycles. The molecule has 0 bridgehead atoms. The second-order valence-electron chi connectivity index (χ2n) is 1.78. The quantitative estimate of drug-likeness (QED) is 0.393. The molecule has 3 N–H and O–H groups in total. The van der Waals surface area contributed by atoms with E-state index in [0.717, 1.165) is 0 Å². The first-order valence-corrected chi connectivity index (χ1v) is 2.38. The lowest BCUT2D eigenvalue weighted by Gasteiger charge is -2.31. The SMILES string of the molecule is [NH][C@@H]1C(=O)N[C@@H]1CO. The van der Waals surface area contributed by atoms with Gasteiger partial charge in [-0.25, -0.2) is 5.73 Å². The summed E-state index contributed by atoms with van der Waals surface area (Å²) in [7, 11) is 0. The van der Waals surface area contributed by atoms with Crippen LogP contribution in [0.4, 0.5) is 0 Å².